The van der Waals surface area contributed by atoms with Gasteiger partial charge in [0.05, 0.1) is 12.0 Å². The fourth-order valence-corrected chi connectivity index (χ4v) is 1.83. The van der Waals surface area contributed by atoms with E-state index >= 15 is 0 Å². The number of hydrogen-bond donors (Lipinski definition) is 0. The summed E-state index contributed by atoms with van der Waals surface area (Å²) in [5, 5.41) is 9.35. The van der Waals surface area contributed by atoms with Gasteiger partial charge in [0, 0.05) is 25.1 Å². The average Bonchev–Trinajstić information content (AvgIpc) is 2.31. The standard InChI is InChI=1S/C13H19ClN4/c1-8(2)12-16-11(14)10(4)13(17-12)18(5)7-9(3)6-15/h8-9H,7H2,1-5H3. The maximum Gasteiger partial charge on any atom is 0.137 e. The summed E-state index contributed by atoms with van der Waals surface area (Å²) in [7, 11) is 1.92. The van der Waals surface area contributed by atoms with Gasteiger partial charge in [0.2, 0.25) is 0 Å². The number of hydrogen-bond acceptors (Lipinski definition) is 4. The van der Waals surface area contributed by atoms with Gasteiger partial charge in [0.1, 0.15) is 16.8 Å². The van der Waals surface area contributed by atoms with Crippen LogP contribution in [0.25, 0.3) is 0 Å². The van der Waals surface area contributed by atoms with Crippen molar-refractivity contribution in [3.8, 4) is 6.07 Å². The number of nitrogens with zero attached hydrogens (tertiary/aromatic N) is 4. The molecule has 4 nitrogen and oxygen atoms in total. The second-order valence-corrected chi connectivity index (χ2v) is 5.24. The van der Waals surface area contributed by atoms with E-state index in [1.807, 2.05) is 39.6 Å². The van der Waals surface area contributed by atoms with Crippen molar-refractivity contribution in [2.24, 2.45) is 5.92 Å². The van der Waals surface area contributed by atoms with E-state index in [9.17, 15) is 0 Å². The summed E-state index contributed by atoms with van der Waals surface area (Å²) in [6, 6.07) is 2.22. The van der Waals surface area contributed by atoms with Crippen LogP contribution in [-0.2, 0) is 0 Å². The van der Waals surface area contributed by atoms with Gasteiger partial charge in [-0.2, -0.15) is 5.26 Å². The van der Waals surface area contributed by atoms with Crippen LogP contribution in [0.1, 0.15) is 38.1 Å². The molecule has 0 aliphatic heterocycles. The second kappa shape index (κ2) is 6.01. The van der Waals surface area contributed by atoms with Crippen molar-refractivity contribution in [3.63, 3.8) is 0 Å². The zero-order valence-corrected chi connectivity index (χ0v) is 12.3. The highest BCUT2D eigenvalue weighted by Crippen LogP contribution is 2.25. The highest BCUT2D eigenvalue weighted by atomic mass is 35.5. The summed E-state index contributed by atoms with van der Waals surface area (Å²) in [5.41, 5.74) is 0.855. The van der Waals surface area contributed by atoms with E-state index in [1.54, 1.807) is 0 Å². The molecule has 1 unspecified atom stereocenters. The van der Waals surface area contributed by atoms with Crippen molar-refractivity contribution < 1.29 is 0 Å². The Hall–Kier alpha value is -1.34. The Morgan fingerprint density at radius 1 is 1.33 bits per heavy atom. The molecule has 0 fully saturated rings. The smallest absolute Gasteiger partial charge is 0.137 e. The summed E-state index contributed by atoms with van der Waals surface area (Å²) >= 11 is 6.13. The minimum atomic E-state index is -0.0503. The molecule has 0 N–H and O–H groups in total. The third kappa shape index (κ3) is 3.33. The molecular weight excluding hydrogens is 248 g/mol. The van der Waals surface area contributed by atoms with Gasteiger partial charge in [0.15, 0.2) is 0 Å². The lowest BCUT2D eigenvalue weighted by Gasteiger charge is -2.22. The van der Waals surface area contributed by atoms with Crippen molar-refractivity contribution >= 4 is 17.4 Å². The Labute approximate surface area is 114 Å². The molecule has 0 saturated heterocycles. The maximum atomic E-state index is 8.86. The Bertz CT molecular complexity index is 465. The van der Waals surface area contributed by atoms with Gasteiger partial charge in [-0.25, -0.2) is 9.97 Å². The highest BCUT2D eigenvalue weighted by Gasteiger charge is 2.16. The van der Waals surface area contributed by atoms with Crippen LogP contribution in [0.2, 0.25) is 5.15 Å². The topological polar surface area (TPSA) is 52.8 Å². The van der Waals surface area contributed by atoms with Crippen molar-refractivity contribution in [1.82, 2.24) is 9.97 Å². The van der Waals surface area contributed by atoms with Gasteiger partial charge in [-0.15, -0.1) is 0 Å². The molecule has 0 saturated carbocycles. The molecule has 98 valence electrons. The van der Waals surface area contributed by atoms with Crippen LogP contribution in [0.15, 0.2) is 0 Å². The van der Waals surface area contributed by atoms with Gasteiger partial charge in [-0.3, -0.25) is 0 Å². The molecule has 0 aromatic carbocycles. The number of rotatable bonds is 4. The Morgan fingerprint density at radius 2 is 1.94 bits per heavy atom. The first-order valence-corrected chi connectivity index (χ1v) is 6.39. The summed E-state index contributed by atoms with van der Waals surface area (Å²) in [4.78, 5) is 10.8. The van der Waals surface area contributed by atoms with Crippen LogP contribution < -0.4 is 4.90 Å². The normalized spacial score (nSPS) is 12.3. The maximum absolute atomic E-state index is 8.86. The Morgan fingerprint density at radius 3 is 2.44 bits per heavy atom. The minimum absolute atomic E-state index is 0.0503. The number of anilines is 1. The predicted molar refractivity (Wildman–Crippen MR) is 73.9 cm³/mol. The minimum Gasteiger partial charge on any atom is -0.358 e. The monoisotopic (exact) mass is 266 g/mol. The lowest BCUT2D eigenvalue weighted by atomic mass is 10.2. The van der Waals surface area contributed by atoms with Crippen molar-refractivity contribution in [2.75, 3.05) is 18.5 Å². The molecule has 0 aliphatic rings. The van der Waals surface area contributed by atoms with Gasteiger partial charge in [0.25, 0.3) is 0 Å². The molecule has 0 aliphatic carbocycles. The highest BCUT2D eigenvalue weighted by molar-refractivity contribution is 6.30. The van der Waals surface area contributed by atoms with Crippen LogP contribution in [0.4, 0.5) is 5.82 Å². The molecule has 18 heavy (non-hydrogen) atoms. The van der Waals surface area contributed by atoms with E-state index in [4.69, 9.17) is 16.9 Å². The van der Waals surface area contributed by atoms with Gasteiger partial charge < -0.3 is 4.90 Å². The second-order valence-electron chi connectivity index (χ2n) is 4.89. The number of aromatic nitrogens is 2. The van der Waals surface area contributed by atoms with Gasteiger partial charge in [-0.1, -0.05) is 25.4 Å². The molecule has 1 aromatic heterocycles. The molecule has 0 bridgehead atoms. The zero-order valence-electron chi connectivity index (χ0n) is 11.5. The molecule has 1 aromatic rings. The molecule has 0 spiro atoms. The molecule has 1 rings (SSSR count). The van der Waals surface area contributed by atoms with Gasteiger partial charge in [-0.05, 0) is 13.8 Å². The first-order valence-electron chi connectivity index (χ1n) is 6.01. The van der Waals surface area contributed by atoms with E-state index in [-0.39, 0.29) is 11.8 Å². The van der Waals surface area contributed by atoms with Gasteiger partial charge >= 0.3 is 0 Å². The predicted octanol–water partition coefficient (Wildman–Crippen LogP) is 3.16. The molecule has 5 heteroatoms. The molecular formula is C13H19ClN4. The lowest BCUT2D eigenvalue weighted by molar-refractivity contribution is 0.697. The average molecular weight is 267 g/mol. The number of nitriles is 1. The van der Waals surface area contributed by atoms with E-state index in [0.29, 0.717) is 11.7 Å². The van der Waals surface area contributed by atoms with Crippen LogP contribution in [0, 0.1) is 24.2 Å². The van der Waals surface area contributed by atoms with E-state index in [1.165, 1.54) is 0 Å². The Kier molecular flexibility index (Phi) is 4.92. The first-order chi connectivity index (χ1) is 8.36. The van der Waals surface area contributed by atoms with E-state index < -0.39 is 0 Å². The van der Waals surface area contributed by atoms with Crippen molar-refractivity contribution in [1.29, 1.82) is 5.26 Å². The van der Waals surface area contributed by atoms with Crippen LogP contribution in [0.3, 0.4) is 0 Å². The van der Waals surface area contributed by atoms with Crippen LogP contribution in [0.5, 0.6) is 0 Å². The first kappa shape index (κ1) is 14.7. The van der Waals surface area contributed by atoms with E-state index in [2.05, 4.69) is 16.0 Å². The molecule has 1 atom stereocenters. The van der Waals surface area contributed by atoms with Crippen LogP contribution in [-0.4, -0.2) is 23.6 Å². The summed E-state index contributed by atoms with van der Waals surface area (Å²) in [6.45, 7) is 8.47. The fourth-order valence-electron chi connectivity index (χ4n) is 1.66. The zero-order chi connectivity index (χ0) is 13.9. The third-order valence-electron chi connectivity index (χ3n) is 2.72. The van der Waals surface area contributed by atoms with Crippen LogP contribution >= 0.6 is 11.6 Å². The number of halogens is 1. The lowest BCUT2D eigenvalue weighted by Crippen LogP contribution is -2.25. The molecule has 0 amide bonds. The summed E-state index contributed by atoms with van der Waals surface area (Å²) < 4.78 is 0. The largest absolute Gasteiger partial charge is 0.358 e. The molecule has 1 heterocycles. The Balaban J connectivity index is 3.11. The summed E-state index contributed by atoms with van der Waals surface area (Å²) in [5.74, 6) is 1.71. The van der Waals surface area contributed by atoms with Crippen molar-refractivity contribution in [2.45, 2.75) is 33.6 Å². The van der Waals surface area contributed by atoms with Crippen molar-refractivity contribution in [3.05, 3.63) is 16.5 Å². The quantitative estimate of drug-likeness (QED) is 0.786. The summed E-state index contributed by atoms with van der Waals surface area (Å²) in [6.07, 6.45) is 0. The third-order valence-corrected chi connectivity index (χ3v) is 3.09. The SMILES string of the molecule is Cc1c(Cl)nc(C(C)C)nc1N(C)CC(C)C#N. The fraction of sp³-hybridized carbons (Fsp3) is 0.615. The molecule has 0 radical (unpaired) electrons. The van der Waals surface area contributed by atoms with E-state index in [0.717, 1.165) is 17.2 Å².